The van der Waals surface area contributed by atoms with Crippen molar-refractivity contribution in [1.82, 2.24) is 0 Å². The highest BCUT2D eigenvalue weighted by Crippen LogP contribution is 2.53. The van der Waals surface area contributed by atoms with Crippen LogP contribution in [-0.2, 0) is 0 Å². The number of fused-ring (bicyclic) bond motifs is 2. The number of para-hydroxylation sites is 2. The van der Waals surface area contributed by atoms with Gasteiger partial charge in [0.25, 0.3) is 0 Å². The predicted octanol–water partition coefficient (Wildman–Crippen LogP) is 20.9. The normalized spacial score (nSPS) is 14.5. The summed E-state index contributed by atoms with van der Waals surface area (Å²) in [5.41, 5.74) is 12.4. The minimum Gasteiger partial charge on any atom is -0.457 e. The molecule has 0 unspecified atom stereocenters. The smallest absolute Gasteiger partial charge is 0.127 e. The van der Waals surface area contributed by atoms with Gasteiger partial charge in [-0.3, -0.25) is 0 Å². The Morgan fingerprint density at radius 1 is 0.333 bits per heavy atom. The van der Waals surface area contributed by atoms with E-state index in [9.17, 15) is 0 Å². The van der Waals surface area contributed by atoms with Gasteiger partial charge in [0, 0.05) is 44.3 Å². The van der Waals surface area contributed by atoms with E-state index >= 15 is 0 Å². The number of hydrogen-bond acceptors (Lipinski definition) is 4. The number of ether oxygens (including phenoxy) is 2. The van der Waals surface area contributed by atoms with Gasteiger partial charge in [0.15, 0.2) is 0 Å². The molecule has 4 heteroatoms. The quantitative estimate of drug-likeness (QED) is 0.0801. The van der Waals surface area contributed by atoms with Gasteiger partial charge >= 0.3 is 0 Å². The number of rotatable bonds is 14. The van der Waals surface area contributed by atoms with E-state index in [-0.39, 0.29) is 0 Å². The molecule has 0 saturated heterocycles. The summed E-state index contributed by atoms with van der Waals surface area (Å²) in [6, 6.07) is 71.2. The highest BCUT2D eigenvalue weighted by molar-refractivity contribution is 6.23. The molecule has 11 rings (SSSR count). The molecule has 0 aliphatic heterocycles. The first-order valence-corrected chi connectivity index (χ1v) is 26.8. The lowest BCUT2D eigenvalue weighted by Crippen LogP contribution is -2.16. The van der Waals surface area contributed by atoms with E-state index in [1.807, 2.05) is 60.7 Å². The molecule has 2 fully saturated rings. The van der Waals surface area contributed by atoms with E-state index in [0.29, 0.717) is 23.7 Å². The fourth-order valence-corrected chi connectivity index (χ4v) is 11.5. The zero-order valence-electron chi connectivity index (χ0n) is 42.6. The second-order valence-corrected chi connectivity index (χ2v) is 21.0. The van der Waals surface area contributed by atoms with Crippen molar-refractivity contribution in [2.24, 2.45) is 0 Å². The van der Waals surface area contributed by atoms with Crippen molar-refractivity contribution in [2.45, 2.75) is 116 Å². The lowest BCUT2D eigenvalue weighted by atomic mass is 9.81. The van der Waals surface area contributed by atoms with E-state index in [1.165, 1.54) is 119 Å². The molecule has 0 aromatic heterocycles. The minimum absolute atomic E-state index is 0.361. The molecule has 9 aromatic carbocycles. The van der Waals surface area contributed by atoms with Gasteiger partial charge in [-0.15, -0.1) is 0 Å². The standard InChI is InChI=1S/C68H68N2O2/c1-47(2)51-23-17-25-57(43-51)69(55-33-37-61(38-34-55)71-59-27-13-7-14-28-59)67-63-41-31-54(50-21-11-6-12-22-50)46-66(63)68(64-42-32-53(45-65(64)67)49-19-9-5-10-20-49)70(58-26-18-24-52(44-58)48(3)4)56-35-39-62(40-36-56)72-60-29-15-8-16-30-60/h7-8,13-18,23-50H,5-6,9-12,19-22H2,1-4H3. The second-order valence-electron chi connectivity index (χ2n) is 21.0. The summed E-state index contributed by atoms with van der Waals surface area (Å²) < 4.78 is 12.8. The zero-order chi connectivity index (χ0) is 49.0. The molecule has 0 heterocycles. The van der Waals surface area contributed by atoms with Crippen LogP contribution < -0.4 is 19.3 Å². The van der Waals surface area contributed by atoms with Gasteiger partial charge in [-0.1, -0.05) is 151 Å². The van der Waals surface area contributed by atoms with Gasteiger partial charge in [0.1, 0.15) is 23.0 Å². The molecule has 0 amide bonds. The molecule has 0 N–H and O–H groups in total. The first-order chi connectivity index (χ1) is 35.3. The first-order valence-electron chi connectivity index (χ1n) is 26.8. The van der Waals surface area contributed by atoms with Crippen molar-refractivity contribution in [3.05, 3.63) is 216 Å². The predicted molar refractivity (Wildman–Crippen MR) is 304 cm³/mol. The van der Waals surface area contributed by atoms with Gasteiger partial charge < -0.3 is 19.3 Å². The third kappa shape index (κ3) is 9.97. The molecule has 2 aliphatic rings. The number of anilines is 6. The van der Waals surface area contributed by atoms with E-state index in [2.05, 4.69) is 171 Å². The molecular weight excluding hydrogens is 877 g/mol. The van der Waals surface area contributed by atoms with Crippen LogP contribution in [0.5, 0.6) is 23.0 Å². The minimum atomic E-state index is 0.361. The Kier molecular flexibility index (Phi) is 13.8. The molecule has 72 heavy (non-hydrogen) atoms. The third-order valence-electron chi connectivity index (χ3n) is 15.4. The summed E-state index contributed by atoms with van der Waals surface area (Å²) in [7, 11) is 0. The number of benzene rings is 9. The summed E-state index contributed by atoms with van der Waals surface area (Å²) in [5.74, 6) is 5.03. The van der Waals surface area contributed by atoms with Gasteiger partial charge in [-0.05, 0) is 181 Å². The molecule has 0 bridgehead atoms. The summed E-state index contributed by atoms with van der Waals surface area (Å²) in [6.07, 6.45) is 12.6. The van der Waals surface area contributed by atoms with Gasteiger partial charge in [0.05, 0.1) is 11.4 Å². The molecule has 0 atom stereocenters. The van der Waals surface area contributed by atoms with Crippen LogP contribution in [0.1, 0.15) is 138 Å². The maximum Gasteiger partial charge on any atom is 0.127 e. The maximum atomic E-state index is 6.42. The average Bonchev–Trinajstić information content (AvgIpc) is 3.43. The van der Waals surface area contributed by atoms with Crippen molar-refractivity contribution in [3.8, 4) is 23.0 Å². The summed E-state index contributed by atoms with van der Waals surface area (Å²) in [6.45, 7) is 9.19. The van der Waals surface area contributed by atoms with E-state index < -0.39 is 0 Å². The van der Waals surface area contributed by atoms with Crippen molar-refractivity contribution in [3.63, 3.8) is 0 Å². The lowest BCUT2D eigenvalue weighted by molar-refractivity contribution is 0.444. The van der Waals surface area contributed by atoms with Crippen LogP contribution in [0.3, 0.4) is 0 Å². The van der Waals surface area contributed by atoms with Crippen molar-refractivity contribution in [1.29, 1.82) is 0 Å². The Hall–Kier alpha value is -7.30. The Labute approximate surface area is 427 Å². The first kappa shape index (κ1) is 47.0. The second kappa shape index (κ2) is 21.2. The summed E-state index contributed by atoms with van der Waals surface area (Å²) in [4.78, 5) is 5.11. The van der Waals surface area contributed by atoms with Crippen LogP contribution in [0.2, 0.25) is 0 Å². The fraction of sp³-hybridized carbons (Fsp3) is 0.265. The summed E-state index contributed by atoms with van der Waals surface area (Å²) in [5, 5.41) is 4.96. The van der Waals surface area contributed by atoms with Gasteiger partial charge in [-0.25, -0.2) is 0 Å². The Bertz CT molecular complexity index is 3040. The van der Waals surface area contributed by atoms with Crippen LogP contribution in [-0.4, -0.2) is 0 Å². The van der Waals surface area contributed by atoms with Crippen LogP contribution in [0.25, 0.3) is 21.5 Å². The molecule has 2 aliphatic carbocycles. The van der Waals surface area contributed by atoms with Crippen LogP contribution in [0, 0.1) is 0 Å². The molecule has 4 nitrogen and oxygen atoms in total. The third-order valence-corrected chi connectivity index (χ3v) is 15.4. The van der Waals surface area contributed by atoms with E-state index in [4.69, 9.17) is 9.47 Å². The largest absolute Gasteiger partial charge is 0.457 e. The molecule has 0 spiro atoms. The van der Waals surface area contributed by atoms with Crippen molar-refractivity contribution in [2.75, 3.05) is 9.80 Å². The fourth-order valence-electron chi connectivity index (χ4n) is 11.5. The van der Waals surface area contributed by atoms with Crippen LogP contribution in [0.15, 0.2) is 194 Å². The highest BCUT2D eigenvalue weighted by Gasteiger charge is 2.29. The molecule has 0 radical (unpaired) electrons. The zero-order valence-corrected chi connectivity index (χ0v) is 42.6. The van der Waals surface area contributed by atoms with E-state index in [1.54, 1.807) is 0 Å². The van der Waals surface area contributed by atoms with Gasteiger partial charge in [-0.2, -0.15) is 0 Å². The van der Waals surface area contributed by atoms with Gasteiger partial charge in [0.2, 0.25) is 0 Å². The van der Waals surface area contributed by atoms with Crippen LogP contribution >= 0.6 is 0 Å². The summed E-state index contributed by atoms with van der Waals surface area (Å²) >= 11 is 0. The lowest BCUT2D eigenvalue weighted by Gasteiger charge is -2.34. The Morgan fingerprint density at radius 3 is 1.08 bits per heavy atom. The Balaban J connectivity index is 1.21. The van der Waals surface area contributed by atoms with Crippen molar-refractivity contribution < 1.29 is 9.47 Å². The Morgan fingerprint density at radius 2 is 0.708 bits per heavy atom. The molecular formula is C68H68N2O2. The van der Waals surface area contributed by atoms with Crippen LogP contribution in [0.4, 0.5) is 34.1 Å². The van der Waals surface area contributed by atoms with Crippen molar-refractivity contribution >= 4 is 55.7 Å². The molecule has 362 valence electrons. The highest BCUT2D eigenvalue weighted by atomic mass is 16.5. The number of hydrogen-bond donors (Lipinski definition) is 0. The monoisotopic (exact) mass is 945 g/mol. The van der Waals surface area contributed by atoms with E-state index in [0.717, 1.165) is 45.7 Å². The molecule has 9 aromatic rings. The number of nitrogens with zero attached hydrogens (tertiary/aromatic N) is 2. The topological polar surface area (TPSA) is 24.9 Å². The SMILES string of the molecule is CC(C)c1cccc(N(c2ccc(Oc3ccccc3)cc2)c2c3ccc(C4CCCCC4)cc3c(N(c3ccc(Oc4ccccc4)cc3)c3cccc(C(C)C)c3)c3ccc(C4CCCCC4)cc23)c1. The average molecular weight is 945 g/mol. The molecule has 2 saturated carbocycles. The maximum absolute atomic E-state index is 6.42.